The molecule has 1 aromatic rings. The van der Waals surface area contributed by atoms with Crippen LogP contribution in [0.25, 0.3) is 0 Å². The fraction of sp³-hybridized carbons (Fsp3) is 0.611. The van der Waals surface area contributed by atoms with Crippen LogP contribution in [0.2, 0.25) is 0 Å². The Morgan fingerprint density at radius 1 is 1.08 bits per heavy atom. The van der Waals surface area contributed by atoms with Crippen molar-refractivity contribution in [1.82, 2.24) is 5.32 Å². The van der Waals surface area contributed by atoms with Crippen molar-refractivity contribution in [3.05, 3.63) is 29.8 Å². The monoisotopic (exact) mass is 333 g/mol. The number of ether oxygens (including phenoxy) is 1. The van der Waals surface area contributed by atoms with E-state index in [2.05, 4.69) is 5.32 Å². The molecule has 0 bridgehead atoms. The van der Waals surface area contributed by atoms with Gasteiger partial charge in [-0.2, -0.15) is 0 Å². The molecule has 1 saturated heterocycles. The molecule has 0 unspecified atom stereocenters. The predicted octanol–water partition coefficient (Wildman–Crippen LogP) is 3.01. The molecule has 1 aliphatic rings. The van der Waals surface area contributed by atoms with E-state index in [1.807, 2.05) is 72.7 Å². The summed E-state index contributed by atoms with van der Waals surface area (Å²) >= 11 is 0. The first kappa shape index (κ1) is 18.8. The van der Waals surface area contributed by atoms with Crippen LogP contribution in [-0.4, -0.2) is 30.0 Å². The Labute approximate surface area is 145 Å². The molecule has 1 N–H and O–H groups in total. The second kappa shape index (κ2) is 6.41. The standard InChI is InChI=1S/C18H28BNO4/c1-16(2,3)20-15(21)22-12-13-8-10-14(11-9-13)19-23-17(4,5)18(6,7)24-19/h8-11H,12H2,1-7H3,(H,20,21). The largest absolute Gasteiger partial charge is 0.494 e. The minimum Gasteiger partial charge on any atom is -0.445 e. The van der Waals surface area contributed by atoms with Gasteiger partial charge in [0.05, 0.1) is 11.2 Å². The Kier molecular flexibility index (Phi) is 5.02. The van der Waals surface area contributed by atoms with Gasteiger partial charge in [0.1, 0.15) is 6.61 Å². The SMILES string of the molecule is CC(C)(C)NC(=O)OCc1ccc(B2OC(C)(C)C(C)(C)O2)cc1. The Morgan fingerprint density at radius 3 is 2.04 bits per heavy atom. The zero-order valence-electron chi connectivity index (χ0n) is 15.7. The number of carbonyl (C=O) groups is 1. The molecular formula is C18H28BNO4. The van der Waals surface area contributed by atoms with E-state index in [9.17, 15) is 4.79 Å². The topological polar surface area (TPSA) is 56.8 Å². The Hall–Kier alpha value is -1.53. The Balaban J connectivity index is 1.94. The molecule has 6 heteroatoms. The van der Waals surface area contributed by atoms with Crippen molar-refractivity contribution in [2.75, 3.05) is 0 Å². The number of hydrogen-bond donors (Lipinski definition) is 1. The predicted molar refractivity (Wildman–Crippen MR) is 95.2 cm³/mol. The fourth-order valence-corrected chi connectivity index (χ4v) is 2.24. The molecule has 0 spiro atoms. The number of benzene rings is 1. The zero-order valence-corrected chi connectivity index (χ0v) is 15.7. The van der Waals surface area contributed by atoms with Crippen LogP contribution < -0.4 is 10.8 Å². The van der Waals surface area contributed by atoms with Crippen LogP contribution in [0.5, 0.6) is 0 Å². The number of alkyl carbamates (subject to hydrolysis) is 1. The van der Waals surface area contributed by atoms with Crippen molar-refractivity contribution in [1.29, 1.82) is 0 Å². The summed E-state index contributed by atoms with van der Waals surface area (Å²) < 4.78 is 17.3. The van der Waals surface area contributed by atoms with Crippen LogP contribution in [-0.2, 0) is 20.7 Å². The molecule has 1 amide bonds. The average Bonchev–Trinajstić information content (AvgIpc) is 2.64. The summed E-state index contributed by atoms with van der Waals surface area (Å²) in [5.74, 6) is 0. The molecule has 1 fully saturated rings. The summed E-state index contributed by atoms with van der Waals surface area (Å²) in [5.41, 5.74) is 0.850. The Morgan fingerprint density at radius 2 is 1.58 bits per heavy atom. The van der Waals surface area contributed by atoms with Crippen LogP contribution in [0.1, 0.15) is 54.0 Å². The van der Waals surface area contributed by atoms with Gasteiger partial charge < -0.3 is 19.4 Å². The molecule has 0 aliphatic carbocycles. The molecule has 1 aromatic carbocycles. The van der Waals surface area contributed by atoms with Crippen molar-refractivity contribution in [3.63, 3.8) is 0 Å². The second-order valence-electron chi connectivity index (χ2n) is 8.28. The van der Waals surface area contributed by atoms with Crippen molar-refractivity contribution in [3.8, 4) is 0 Å². The van der Waals surface area contributed by atoms with Gasteiger partial charge >= 0.3 is 13.2 Å². The van der Waals surface area contributed by atoms with E-state index in [0.29, 0.717) is 0 Å². The van der Waals surface area contributed by atoms with Gasteiger partial charge in [-0.25, -0.2) is 4.79 Å². The molecule has 132 valence electrons. The van der Waals surface area contributed by atoms with Gasteiger partial charge in [0.2, 0.25) is 0 Å². The highest BCUT2D eigenvalue weighted by Gasteiger charge is 2.51. The summed E-state index contributed by atoms with van der Waals surface area (Å²) in [6.07, 6.45) is -0.419. The number of hydrogen-bond acceptors (Lipinski definition) is 4. The van der Waals surface area contributed by atoms with Crippen molar-refractivity contribution in [2.24, 2.45) is 0 Å². The lowest BCUT2D eigenvalue weighted by Crippen LogP contribution is -2.41. The first-order valence-electron chi connectivity index (χ1n) is 8.29. The lowest BCUT2D eigenvalue weighted by atomic mass is 9.79. The third-order valence-electron chi connectivity index (χ3n) is 4.35. The van der Waals surface area contributed by atoms with E-state index in [0.717, 1.165) is 11.0 Å². The highest BCUT2D eigenvalue weighted by Crippen LogP contribution is 2.36. The molecule has 1 aliphatic heterocycles. The maximum absolute atomic E-state index is 11.7. The van der Waals surface area contributed by atoms with Gasteiger partial charge in [-0.05, 0) is 59.5 Å². The average molecular weight is 333 g/mol. The van der Waals surface area contributed by atoms with E-state index in [4.69, 9.17) is 14.0 Å². The first-order valence-corrected chi connectivity index (χ1v) is 8.29. The van der Waals surface area contributed by atoms with E-state index in [1.165, 1.54) is 0 Å². The lowest BCUT2D eigenvalue weighted by Gasteiger charge is -2.32. The van der Waals surface area contributed by atoms with Gasteiger partial charge in [0.25, 0.3) is 0 Å². The van der Waals surface area contributed by atoms with Crippen LogP contribution in [0.4, 0.5) is 4.79 Å². The molecule has 0 radical (unpaired) electrons. The number of nitrogens with one attached hydrogen (secondary N) is 1. The van der Waals surface area contributed by atoms with Crippen LogP contribution >= 0.6 is 0 Å². The highest BCUT2D eigenvalue weighted by atomic mass is 16.7. The van der Waals surface area contributed by atoms with E-state index < -0.39 is 6.09 Å². The van der Waals surface area contributed by atoms with Crippen LogP contribution in [0.15, 0.2) is 24.3 Å². The number of carbonyl (C=O) groups excluding carboxylic acids is 1. The molecule has 2 rings (SSSR count). The van der Waals surface area contributed by atoms with Gasteiger partial charge in [0.15, 0.2) is 0 Å². The maximum Gasteiger partial charge on any atom is 0.494 e. The third kappa shape index (κ3) is 4.51. The summed E-state index contributed by atoms with van der Waals surface area (Å²) in [7, 11) is -0.380. The third-order valence-corrected chi connectivity index (χ3v) is 4.35. The zero-order chi connectivity index (χ0) is 18.2. The summed E-state index contributed by atoms with van der Waals surface area (Å²) in [4.78, 5) is 11.7. The van der Waals surface area contributed by atoms with Gasteiger partial charge in [-0.3, -0.25) is 0 Å². The lowest BCUT2D eigenvalue weighted by molar-refractivity contribution is 0.00578. The van der Waals surface area contributed by atoms with Crippen molar-refractivity contribution < 1.29 is 18.8 Å². The normalized spacial score (nSPS) is 19.2. The van der Waals surface area contributed by atoms with Crippen LogP contribution in [0.3, 0.4) is 0 Å². The summed E-state index contributed by atoms with van der Waals surface area (Å²) in [5, 5.41) is 2.76. The molecule has 1 heterocycles. The molecule has 0 atom stereocenters. The number of rotatable bonds is 3. The van der Waals surface area contributed by atoms with E-state index in [1.54, 1.807) is 0 Å². The summed E-state index contributed by atoms with van der Waals surface area (Å²) in [6.45, 7) is 14.1. The van der Waals surface area contributed by atoms with Crippen LogP contribution in [0, 0.1) is 0 Å². The van der Waals surface area contributed by atoms with Gasteiger partial charge in [-0.1, -0.05) is 24.3 Å². The first-order chi connectivity index (χ1) is 10.9. The fourth-order valence-electron chi connectivity index (χ4n) is 2.24. The quantitative estimate of drug-likeness (QED) is 0.864. The molecule has 0 saturated carbocycles. The molecule has 5 nitrogen and oxygen atoms in total. The minimum absolute atomic E-state index is 0.228. The van der Waals surface area contributed by atoms with Gasteiger partial charge in [0, 0.05) is 5.54 Å². The number of amides is 1. The second-order valence-corrected chi connectivity index (χ2v) is 8.28. The van der Waals surface area contributed by atoms with Crippen molar-refractivity contribution >= 4 is 18.7 Å². The van der Waals surface area contributed by atoms with Gasteiger partial charge in [-0.15, -0.1) is 0 Å². The smallest absolute Gasteiger partial charge is 0.445 e. The van der Waals surface area contributed by atoms with E-state index >= 15 is 0 Å². The summed E-state index contributed by atoms with van der Waals surface area (Å²) in [6, 6.07) is 7.74. The molecular weight excluding hydrogens is 305 g/mol. The van der Waals surface area contributed by atoms with Crippen molar-refractivity contribution in [2.45, 2.75) is 71.8 Å². The minimum atomic E-state index is -0.419. The highest BCUT2D eigenvalue weighted by molar-refractivity contribution is 6.62. The maximum atomic E-state index is 11.7. The van der Waals surface area contributed by atoms with E-state index in [-0.39, 0.29) is 30.5 Å². The Bertz CT molecular complexity index is 574. The molecule has 0 aromatic heterocycles. The molecule has 24 heavy (non-hydrogen) atoms.